The minimum Gasteiger partial charge on any atom is -0.464 e. The van der Waals surface area contributed by atoms with Gasteiger partial charge in [0.1, 0.15) is 0 Å². The van der Waals surface area contributed by atoms with Gasteiger partial charge in [-0.05, 0) is 13.8 Å². The number of methoxy groups -OCH3 is 1. The number of carbonyl (C=O) groups is 1. The van der Waals surface area contributed by atoms with Gasteiger partial charge in [0, 0.05) is 11.9 Å². The zero-order valence-corrected chi connectivity index (χ0v) is 11.0. The molecule has 17 heavy (non-hydrogen) atoms. The van der Waals surface area contributed by atoms with E-state index in [1.54, 1.807) is 5.38 Å². The molecule has 0 saturated carbocycles. The zero-order chi connectivity index (χ0) is 12.4. The van der Waals surface area contributed by atoms with Crippen LogP contribution in [0.1, 0.15) is 24.3 Å². The van der Waals surface area contributed by atoms with Gasteiger partial charge in [0.2, 0.25) is 0 Å². The summed E-state index contributed by atoms with van der Waals surface area (Å²) in [6.07, 6.45) is 0.191. The van der Waals surface area contributed by atoms with Crippen LogP contribution in [0.2, 0.25) is 0 Å². The van der Waals surface area contributed by atoms with Gasteiger partial charge >= 0.3 is 5.97 Å². The molecule has 0 aliphatic carbocycles. The highest BCUT2D eigenvalue weighted by molar-refractivity contribution is 7.13. The third-order valence-corrected chi connectivity index (χ3v) is 3.62. The Balaban J connectivity index is 2.15. The summed E-state index contributed by atoms with van der Waals surface area (Å²) in [5.74, 6) is -0.388. The van der Waals surface area contributed by atoms with Crippen molar-refractivity contribution in [3.05, 3.63) is 11.1 Å². The molecular formula is C11H16N2O3S. The van der Waals surface area contributed by atoms with Gasteiger partial charge in [0.15, 0.2) is 10.8 Å². The van der Waals surface area contributed by atoms with E-state index in [0.717, 1.165) is 11.7 Å². The van der Waals surface area contributed by atoms with Crippen LogP contribution >= 0.6 is 11.3 Å². The molecule has 1 aliphatic rings. The summed E-state index contributed by atoms with van der Waals surface area (Å²) in [6, 6.07) is 0.280. The molecule has 94 valence electrons. The van der Waals surface area contributed by atoms with E-state index in [1.165, 1.54) is 18.4 Å². The van der Waals surface area contributed by atoms with Crippen LogP contribution in [0.4, 0.5) is 5.13 Å². The molecule has 2 heterocycles. The summed E-state index contributed by atoms with van der Waals surface area (Å²) in [7, 11) is 1.36. The number of ether oxygens (including phenoxy) is 2. The van der Waals surface area contributed by atoms with Gasteiger partial charge < -0.3 is 14.4 Å². The molecule has 6 heteroatoms. The SMILES string of the molecule is COC(=O)c1csc(N2CC(C)OCC2C)n1. The highest BCUT2D eigenvalue weighted by Gasteiger charge is 2.26. The Kier molecular flexibility index (Phi) is 3.63. The minimum atomic E-state index is -0.388. The van der Waals surface area contributed by atoms with Crippen molar-refractivity contribution in [2.24, 2.45) is 0 Å². The van der Waals surface area contributed by atoms with E-state index in [9.17, 15) is 4.79 Å². The van der Waals surface area contributed by atoms with E-state index < -0.39 is 0 Å². The van der Waals surface area contributed by atoms with Crippen LogP contribution in [0.3, 0.4) is 0 Å². The lowest BCUT2D eigenvalue weighted by molar-refractivity contribution is 0.0343. The standard InChI is InChI=1S/C11H16N2O3S/c1-7-5-16-8(2)4-13(7)11-12-9(6-17-11)10(14)15-3/h6-8H,4-5H2,1-3H3. The maximum Gasteiger partial charge on any atom is 0.357 e. The molecule has 2 rings (SSSR count). The normalized spacial score (nSPS) is 24.8. The smallest absolute Gasteiger partial charge is 0.357 e. The number of aromatic nitrogens is 1. The number of anilines is 1. The van der Waals surface area contributed by atoms with E-state index in [4.69, 9.17) is 4.74 Å². The van der Waals surface area contributed by atoms with Crippen molar-refractivity contribution in [2.45, 2.75) is 26.0 Å². The van der Waals surface area contributed by atoms with Crippen LogP contribution in [0.15, 0.2) is 5.38 Å². The fourth-order valence-corrected chi connectivity index (χ4v) is 2.67. The largest absolute Gasteiger partial charge is 0.464 e. The number of hydrogen-bond acceptors (Lipinski definition) is 6. The average Bonchev–Trinajstić information content (AvgIpc) is 2.80. The lowest BCUT2D eigenvalue weighted by atomic mass is 10.2. The van der Waals surface area contributed by atoms with E-state index in [-0.39, 0.29) is 18.1 Å². The third-order valence-electron chi connectivity index (χ3n) is 2.74. The quantitative estimate of drug-likeness (QED) is 0.751. The van der Waals surface area contributed by atoms with E-state index >= 15 is 0 Å². The van der Waals surface area contributed by atoms with Crippen LogP contribution in [-0.2, 0) is 9.47 Å². The predicted octanol–water partition coefficient (Wildman–Crippen LogP) is 1.54. The van der Waals surface area contributed by atoms with Gasteiger partial charge in [0.05, 0.1) is 25.9 Å². The Morgan fingerprint density at radius 3 is 3.12 bits per heavy atom. The first-order chi connectivity index (χ1) is 8.11. The van der Waals surface area contributed by atoms with Crippen LogP contribution in [0.25, 0.3) is 0 Å². The molecule has 0 aromatic carbocycles. The Hall–Kier alpha value is -1.14. The predicted molar refractivity (Wildman–Crippen MR) is 65.7 cm³/mol. The molecule has 5 nitrogen and oxygen atoms in total. The monoisotopic (exact) mass is 256 g/mol. The number of nitrogens with zero attached hydrogens (tertiary/aromatic N) is 2. The highest BCUT2D eigenvalue weighted by Crippen LogP contribution is 2.25. The fourth-order valence-electron chi connectivity index (χ4n) is 1.76. The Labute approximate surface area is 104 Å². The van der Waals surface area contributed by atoms with Crippen molar-refractivity contribution in [1.29, 1.82) is 0 Å². The molecule has 0 radical (unpaired) electrons. The van der Waals surface area contributed by atoms with Gasteiger partial charge in [-0.25, -0.2) is 9.78 Å². The molecule has 1 aliphatic heterocycles. The van der Waals surface area contributed by atoms with Crippen molar-refractivity contribution < 1.29 is 14.3 Å². The Morgan fingerprint density at radius 2 is 2.41 bits per heavy atom. The molecule has 0 N–H and O–H groups in total. The Morgan fingerprint density at radius 1 is 1.65 bits per heavy atom. The van der Waals surface area contributed by atoms with Gasteiger partial charge in [0.25, 0.3) is 0 Å². The first-order valence-electron chi connectivity index (χ1n) is 5.54. The lowest BCUT2D eigenvalue weighted by Gasteiger charge is -2.36. The van der Waals surface area contributed by atoms with Crippen molar-refractivity contribution in [2.75, 3.05) is 25.2 Å². The van der Waals surface area contributed by atoms with Crippen molar-refractivity contribution in [3.63, 3.8) is 0 Å². The second-order valence-corrected chi connectivity index (χ2v) is 4.99. The van der Waals surface area contributed by atoms with Crippen LogP contribution in [0.5, 0.6) is 0 Å². The van der Waals surface area contributed by atoms with E-state index in [1.807, 2.05) is 6.92 Å². The van der Waals surface area contributed by atoms with Gasteiger partial charge in [-0.3, -0.25) is 0 Å². The van der Waals surface area contributed by atoms with Crippen LogP contribution in [-0.4, -0.2) is 43.4 Å². The number of carbonyl (C=O) groups excluding carboxylic acids is 1. The highest BCUT2D eigenvalue weighted by atomic mass is 32.1. The second-order valence-electron chi connectivity index (χ2n) is 4.15. The maximum atomic E-state index is 11.3. The van der Waals surface area contributed by atoms with Crippen molar-refractivity contribution in [3.8, 4) is 0 Å². The Bertz CT molecular complexity index is 407. The molecule has 1 aromatic rings. The fraction of sp³-hybridized carbons (Fsp3) is 0.636. The number of morpholine rings is 1. The first kappa shape index (κ1) is 12.3. The summed E-state index contributed by atoms with van der Waals surface area (Å²) >= 11 is 1.46. The topological polar surface area (TPSA) is 51.7 Å². The number of thiazole rings is 1. The third kappa shape index (κ3) is 2.58. The molecule has 1 fully saturated rings. The van der Waals surface area contributed by atoms with Crippen LogP contribution in [0, 0.1) is 0 Å². The number of esters is 1. The molecule has 0 spiro atoms. The molecule has 2 atom stereocenters. The molecule has 1 aromatic heterocycles. The minimum absolute atomic E-state index is 0.191. The molecule has 1 saturated heterocycles. The van der Waals surface area contributed by atoms with Crippen LogP contribution < -0.4 is 4.90 Å². The summed E-state index contributed by atoms with van der Waals surface area (Å²) in [6.45, 7) is 5.61. The number of rotatable bonds is 2. The van der Waals surface area contributed by atoms with E-state index in [0.29, 0.717) is 12.3 Å². The van der Waals surface area contributed by atoms with E-state index in [2.05, 4.69) is 21.5 Å². The van der Waals surface area contributed by atoms with Gasteiger partial charge in [-0.1, -0.05) is 0 Å². The first-order valence-corrected chi connectivity index (χ1v) is 6.42. The zero-order valence-electron chi connectivity index (χ0n) is 10.2. The molecule has 0 bridgehead atoms. The molecule has 2 unspecified atom stereocenters. The van der Waals surface area contributed by atoms with Crippen molar-refractivity contribution in [1.82, 2.24) is 4.98 Å². The summed E-state index contributed by atoms with van der Waals surface area (Å²) in [4.78, 5) is 17.8. The summed E-state index contributed by atoms with van der Waals surface area (Å²) < 4.78 is 10.2. The number of hydrogen-bond donors (Lipinski definition) is 0. The lowest BCUT2D eigenvalue weighted by Crippen LogP contribution is -2.47. The van der Waals surface area contributed by atoms with Gasteiger partial charge in [-0.15, -0.1) is 11.3 Å². The molecule has 0 amide bonds. The molecular weight excluding hydrogens is 240 g/mol. The summed E-state index contributed by atoms with van der Waals surface area (Å²) in [5, 5.41) is 2.58. The average molecular weight is 256 g/mol. The second kappa shape index (κ2) is 5.01. The van der Waals surface area contributed by atoms with Crippen molar-refractivity contribution >= 4 is 22.4 Å². The summed E-state index contributed by atoms with van der Waals surface area (Å²) in [5.41, 5.74) is 0.374. The maximum absolute atomic E-state index is 11.3. The van der Waals surface area contributed by atoms with Gasteiger partial charge in [-0.2, -0.15) is 0 Å².